The van der Waals surface area contributed by atoms with Gasteiger partial charge in [-0.1, -0.05) is 67.8 Å². The minimum Gasteiger partial charge on any atom is -0.352 e. The highest BCUT2D eigenvalue weighted by atomic mass is 32.2. The highest BCUT2D eigenvalue weighted by Gasteiger charge is 2.34. The van der Waals surface area contributed by atoms with Crippen molar-refractivity contribution in [3.8, 4) is 0 Å². The summed E-state index contributed by atoms with van der Waals surface area (Å²) in [5.41, 5.74) is 1.99. The Kier molecular flexibility index (Phi) is 9.58. The first-order chi connectivity index (χ1) is 19.2. The monoisotopic (exact) mass is 565 g/mol. The number of nitrogens with one attached hydrogen (secondary N) is 1. The van der Waals surface area contributed by atoms with Crippen LogP contribution in [0.4, 0.5) is 10.1 Å². The van der Waals surface area contributed by atoms with Gasteiger partial charge in [0.25, 0.3) is 10.0 Å². The van der Waals surface area contributed by atoms with Crippen molar-refractivity contribution in [1.82, 2.24) is 10.2 Å². The zero-order valence-corrected chi connectivity index (χ0v) is 23.7. The number of anilines is 1. The first kappa shape index (κ1) is 29.3. The Hall–Kier alpha value is -3.72. The topological polar surface area (TPSA) is 86.8 Å². The molecule has 0 heterocycles. The van der Waals surface area contributed by atoms with Crippen molar-refractivity contribution in [2.75, 3.05) is 10.8 Å². The van der Waals surface area contributed by atoms with Crippen LogP contribution in [0.25, 0.3) is 0 Å². The van der Waals surface area contributed by atoms with E-state index in [4.69, 9.17) is 0 Å². The zero-order chi connectivity index (χ0) is 28.7. The number of hydrogen-bond donors (Lipinski definition) is 1. The van der Waals surface area contributed by atoms with Crippen LogP contribution in [0.3, 0.4) is 0 Å². The molecule has 0 unspecified atom stereocenters. The Bertz CT molecular complexity index is 1410. The van der Waals surface area contributed by atoms with E-state index < -0.39 is 34.3 Å². The van der Waals surface area contributed by atoms with Gasteiger partial charge < -0.3 is 10.2 Å². The first-order valence-corrected chi connectivity index (χ1v) is 15.1. The molecule has 3 aromatic carbocycles. The number of hydrogen-bond acceptors (Lipinski definition) is 4. The number of carbonyl (C=O) groups excluding carboxylic acids is 2. The lowest BCUT2D eigenvalue weighted by atomic mass is 10.1. The largest absolute Gasteiger partial charge is 0.352 e. The number of aryl methyl sites for hydroxylation is 1. The second-order valence-electron chi connectivity index (χ2n) is 10.2. The highest BCUT2D eigenvalue weighted by molar-refractivity contribution is 7.92. The molecule has 1 fully saturated rings. The van der Waals surface area contributed by atoms with Crippen LogP contribution in [0.15, 0.2) is 83.8 Å². The Morgan fingerprint density at radius 3 is 2.27 bits per heavy atom. The molecule has 1 aliphatic rings. The smallest absolute Gasteiger partial charge is 0.264 e. The number of benzene rings is 3. The van der Waals surface area contributed by atoms with Gasteiger partial charge in [-0.3, -0.25) is 13.9 Å². The number of sulfonamides is 1. The van der Waals surface area contributed by atoms with Crippen LogP contribution < -0.4 is 9.62 Å². The molecule has 3 aromatic rings. The summed E-state index contributed by atoms with van der Waals surface area (Å²) in [5, 5.41) is 3.10. The van der Waals surface area contributed by atoms with E-state index >= 15 is 0 Å². The molecular formula is C31H36FN3O4S. The molecule has 40 heavy (non-hydrogen) atoms. The predicted molar refractivity (Wildman–Crippen MR) is 154 cm³/mol. The summed E-state index contributed by atoms with van der Waals surface area (Å²) in [5.74, 6) is -1.30. The maximum absolute atomic E-state index is 14.1. The molecule has 2 amide bonds. The maximum Gasteiger partial charge on any atom is 0.264 e. The fraction of sp³-hybridized carbons (Fsp3) is 0.355. The standard InChI is InChI=1S/C31H36FN3O4S/c1-3-29(31(37)33-26-12-7-8-13-26)34(21-24-11-9-10-23(2)20-24)30(36)22-35(27-18-16-25(32)17-19-27)40(38,39)28-14-5-4-6-15-28/h4-6,9-11,14-20,26,29H,3,7-8,12-13,21-22H2,1-2H3,(H,33,37)/t29-/m1/s1. The molecule has 0 aromatic heterocycles. The molecule has 0 radical (unpaired) electrons. The van der Waals surface area contributed by atoms with E-state index in [0.717, 1.165) is 53.2 Å². The molecule has 0 aliphatic heterocycles. The summed E-state index contributed by atoms with van der Waals surface area (Å²) in [6.07, 6.45) is 4.27. The third-order valence-corrected chi connectivity index (χ3v) is 9.04. The van der Waals surface area contributed by atoms with Gasteiger partial charge >= 0.3 is 0 Å². The van der Waals surface area contributed by atoms with Crippen LogP contribution in [0, 0.1) is 12.7 Å². The van der Waals surface area contributed by atoms with Gasteiger partial charge in [0, 0.05) is 12.6 Å². The average molecular weight is 566 g/mol. The van der Waals surface area contributed by atoms with E-state index in [1.807, 2.05) is 38.1 Å². The number of amides is 2. The Morgan fingerprint density at radius 1 is 0.975 bits per heavy atom. The average Bonchev–Trinajstić information content (AvgIpc) is 3.45. The highest BCUT2D eigenvalue weighted by Crippen LogP contribution is 2.25. The minimum absolute atomic E-state index is 0.00313. The van der Waals surface area contributed by atoms with Crippen LogP contribution in [-0.4, -0.2) is 43.8 Å². The molecule has 0 spiro atoms. The fourth-order valence-electron chi connectivity index (χ4n) is 5.15. The molecule has 1 atom stereocenters. The van der Waals surface area contributed by atoms with Crippen molar-refractivity contribution in [1.29, 1.82) is 0 Å². The van der Waals surface area contributed by atoms with Crippen LogP contribution in [0.5, 0.6) is 0 Å². The van der Waals surface area contributed by atoms with Crippen LogP contribution in [0.2, 0.25) is 0 Å². The Labute approximate surface area is 236 Å². The van der Waals surface area contributed by atoms with Gasteiger partial charge in [-0.2, -0.15) is 0 Å². The SMILES string of the molecule is CC[C@H](C(=O)NC1CCCC1)N(Cc1cccc(C)c1)C(=O)CN(c1ccc(F)cc1)S(=O)(=O)c1ccccc1. The van der Waals surface area contributed by atoms with Gasteiger partial charge in [0.05, 0.1) is 10.6 Å². The van der Waals surface area contributed by atoms with Gasteiger partial charge in [-0.15, -0.1) is 0 Å². The van der Waals surface area contributed by atoms with E-state index in [2.05, 4.69) is 5.32 Å². The zero-order valence-electron chi connectivity index (χ0n) is 22.9. The van der Waals surface area contributed by atoms with E-state index in [1.165, 1.54) is 29.2 Å². The van der Waals surface area contributed by atoms with Gasteiger partial charge in [0.1, 0.15) is 18.4 Å². The van der Waals surface area contributed by atoms with Crippen molar-refractivity contribution in [3.63, 3.8) is 0 Å². The Balaban J connectivity index is 1.70. The number of nitrogens with zero attached hydrogens (tertiary/aromatic N) is 2. The van der Waals surface area contributed by atoms with Crippen molar-refractivity contribution < 1.29 is 22.4 Å². The summed E-state index contributed by atoms with van der Waals surface area (Å²) in [6.45, 7) is 3.37. The molecule has 0 saturated heterocycles. The number of halogens is 1. The van der Waals surface area contributed by atoms with Crippen molar-refractivity contribution in [2.24, 2.45) is 0 Å². The molecule has 212 valence electrons. The van der Waals surface area contributed by atoms with Crippen LogP contribution in [-0.2, 0) is 26.2 Å². The predicted octanol–water partition coefficient (Wildman–Crippen LogP) is 5.20. The summed E-state index contributed by atoms with van der Waals surface area (Å²) >= 11 is 0. The summed E-state index contributed by atoms with van der Waals surface area (Å²) in [6, 6.07) is 19.7. The lowest BCUT2D eigenvalue weighted by Crippen LogP contribution is -2.53. The molecular weight excluding hydrogens is 529 g/mol. The third kappa shape index (κ3) is 7.07. The molecule has 1 aliphatic carbocycles. The van der Waals surface area contributed by atoms with Gasteiger partial charge in [0.15, 0.2) is 0 Å². The normalized spacial score (nSPS) is 14.5. The second-order valence-corrected chi connectivity index (χ2v) is 12.1. The van der Waals surface area contributed by atoms with Gasteiger partial charge in [-0.25, -0.2) is 12.8 Å². The summed E-state index contributed by atoms with van der Waals surface area (Å²) < 4.78 is 42.3. The van der Waals surface area contributed by atoms with Crippen molar-refractivity contribution in [2.45, 2.75) is 69.5 Å². The van der Waals surface area contributed by atoms with Crippen LogP contribution >= 0.6 is 0 Å². The lowest BCUT2D eigenvalue weighted by molar-refractivity contribution is -0.140. The quantitative estimate of drug-likeness (QED) is 0.347. The molecule has 4 rings (SSSR count). The molecule has 1 N–H and O–H groups in total. The molecule has 7 nitrogen and oxygen atoms in total. The second kappa shape index (κ2) is 13.1. The number of rotatable bonds is 11. The fourth-order valence-corrected chi connectivity index (χ4v) is 6.59. The van der Waals surface area contributed by atoms with E-state index in [0.29, 0.717) is 6.42 Å². The van der Waals surface area contributed by atoms with Crippen molar-refractivity contribution in [3.05, 3.63) is 95.8 Å². The summed E-state index contributed by atoms with van der Waals surface area (Å²) in [4.78, 5) is 29.0. The van der Waals surface area contributed by atoms with E-state index in [9.17, 15) is 22.4 Å². The molecule has 9 heteroatoms. The maximum atomic E-state index is 14.1. The molecule has 0 bridgehead atoms. The lowest BCUT2D eigenvalue weighted by Gasteiger charge is -2.33. The van der Waals surface area contributed by atoms with E-state index in [-0.39, 0.29) is 29.1 Å². The molecule has 1 saturated carbocycles. The minimum atomic E-state index is -4.18. The van der Waals surface area contributed by atoms with Crippen molar-refractivity contribution >= 4 is 27.5 Å². The first-order valence-electron chi connectivity index (χ1n) is 13.7. The van der Waals surface area contributed by atoms with Gasteiger partial charge in [0.2, 0.25) is 11.8 Å². The third-order valence-electron chi connectivity index (χ3n) is 7.25. The van der Waals surface area contributed by atoms with Gasteiger partial charge in [-0.05, 0) is 68.1 Å². The van der Waals surface area contributed by atoms with Crippen LogP contribution in [0.1, 0.15) is 50.2 Å². The Morgan fingerprint density at radius 2 is 1.65 bits per heavy atom. The van der Waals surface area contributed by atoms with E-state index in [1.54, 1.807) is 18.2 Å². The number of carbonyl (C=O) groups is 2. The summed E-state index contributed by atoms with van der Waals surface area (Å²) in [7, 11) is -4.18.